The van der Waals surface area contributed by atoms with Crippen molar-refractivity contribution < 1.29 is 4.52 Å². The van der Waals surface area contributed by atoms with Gasteiger partial charge in [-0.05, 0) is 32.7 Å². The van der Waals surface area contributed by atoms with Gasteiger partial charge in [-0.2, -0.15) is 4.98 Å². The fourth-order valence-electron chi connectivity index (χ4n) is 1.25. The van der Waals surface area contributed by atoms with Gasteiger partial charge in [0.15, 0.2) is 5.82 Å². The molecule has 0 spiro atoms. The summed E-state index contributed by atoms with van der Waals surface area (Å²) < 4.78 is 4.91. The highest BCUT2D eigenvalue weighted by molar-refractivity contribution is 5.17. The Bertz CT molecular complexity index is 282. The molecule has 0 atom stereocenters. The molecule has 0 aliphatic heterocycles. The fraction of sp³-hybridized carbons (Fsp3) is 0.778. The van der Waals surface area contributed by atoms with Crippen LogP contribution in [0.25, 0.3) is 0 Å². The largest absolute Gasteiger partial charge is 0.338 e. The molecule has 1 aliphatic rings. The lowest BCUT2D eigenvalue weighted by atomic mass is 10.4. The maximum Gasteiger partial charge on any atom is 0.321 e. The van der Waals surface area contributed by atoms with Crippen LogP contribution in [0.15, 0.2) is 4.52 Å². The van der Waals surface area contributed by atoms with Gasteiger partial charge in [-0.3, -0.25) is 0 Å². The van der Waals surface area contributed by atoms with Gasteiger partial charge in [-0.1, -0.05) is 5.16 Å². The van der Waals surface area contributed by atoms with Crippen LogP contribution in [0.1, 0.15) is 25.1 Å². The zero-order chi connectivity index (χ0) is 9.80. The molecule has 5 nitrogen and oxygen atoms in total. The van der Waals surface area contributed by atoms with Crippen LogP contribution < -0.4 is 10.6 Å². The normalized spacial score (nSPS) is 15.8. The Hall–Kier alpha value is -1.10. The molecule has 78 valence electrons. The van der Waals surface area contributed by atoms with Gasteiger partial charge >= 0.3 is 6.01 Å². The molecule has 0 amide bonds. The summed E-state index contributed by atoms with van der Waals surface area (Å²) in [6, 6.07) is 1.31. The molecule has 1 aliphatic carbocycles. The first kappa shape index (κ1) is 9.45. The standard InChI is InChI=1S/C9H16N4O/c1-7-12-9(14-13-7)11-6-2-5-10-8-3-4-8/h8,10H,2-6H2,1H3,(H,11,12,13). The molecule has 2 rings (SSSR count). The SMILES string of the molecule is Cc1noc(NCCCNC2CC2)n1. The van der Waals surface area contributed by atoms with E-state index in [9.17, 15) is 0 Å². The summed E-state index contributed by atoms with van der Waals surface area (Å²) in [7, 11) is 0. The zero-order valence-electron chi connectivity index (χ0n) is 8.42. The summed E-state index contributed by atoms with van der Waals surface area (Å²) in [5.41, 5.74) is 0. The monoisotopic (exact) mass is 196 g/mol. The van der Waals surface area contributed by atoms with E-state index in [4.69, 9.17) is 4.52 Å². The first-order valence-corrected chi connectivity index (χ1v) is 5.12. The third-order valence-electron chi connectivity index (χ3n) is 2.17. The Kier molecular flexibility index (Phi) is 2.98. The summed E-state index contributed by atoms with van der Waals surface area (Å²) in [6.07, 6.45) is 3.77. The lowest BCUT2D eigenvalue weighted by Gasteiger charge is -2.02. The van der Waals surface area contributed by atoms with Gasteiger partial charge in [-0.15, -0.1) is 0 Å². The minimum atomic E-state index is 0.522. The zero-order valence-corrected chi connectivity index (χ0v) is 8.42. The van der Waals surface area contributed by atoms with Crippen LogP contribution in [0.4, 0.5) is 6.01 Å². The predicted octanol–water partition coefficient (Wildman–Crippen LogP) is 0.932. The van der Waals surface area contributed by atoms with Crippen molar-refractivity contribution in [2.24, 2.45) is 0 Å². The van der Waals surface area contributed by atoms with Crippen molar-refractivity contribution in [1.82, 2.24) is 15.5 Å². The number of nitrogens with zero attached hydrogens (tertiary/aromatic N) is 2. The number of aryl methyl sites for hydroxylation is 1. The Balaban J connectivity index is 1.53. The lowest BCUT2D eigenvalue weighted by Crippen LogP contribution is -2.19. The predicted molar refractivity (Wildman–Crippen MR) is 53.2 cm³/mol. The second-order valence-electron chi connectivity index (χ2n) is 3.66. The van der Waals surface area contributed by atoms with Gasteiger partial charge in [0.05, 0.1) is 0 Å². The highest BCUT2D eigenvalue weighted by atomic mass is 16.5. The highest BCUT2D eigenvalue weighted by Gasteiger charge is 2.19. The van der Waals surface area contributed by atoms with E-state index in [1.807, 2.05) is 6.92 Å². The van der Waals surface area contributed by atoms with E-state index >= 15 is 0 Å². The number of nitrogens with one attached hydrogen (secondary N) is 2. The Morgan fingerprint density at radius 1 is 1.43 bits per heavy atom. The topological polar surface area (TPSA) is 63.0 Å². The molecule has 0 unspecified atom stereocenters. The van der Waals surface area contributed by atoms with E-state index in [0.717, 1.165) is 25.6 Å². The lowest BCUT2D eigenvalue weighted by molar-refractivity contribution is 0.425. The maximum absolute atomic E-state index is 4.91. The molecular formula is C9H16N4O. The molecule has 0 bridgehead atoms. The van der Waals surface area contributed by atoms with Crippen molar-refractivity contribution in [1.29, 1.82) is 0 Å². The van der Waals surface area contributed by atoms with Crippen molar-refractivity contribution in [3.63, 3.8) is 0 Å². The quantitative estimate of drug-likeness (QED) is 0.663. The third kappa shape index (κ3) is 2.99. The van der Waals surface area contributed by atoms with Crippen LogP contribution in [0.3, 0.4) is 0 Å². The molecular weight excluding hydrogens is 180 g/mol. The first-order chi connectivity index (χ1) is 6.84. The van der Waals surface area contributed by atoms with Crippen molar-refractivity contribution >= 4 is 6.01 Å². The van der Waals surface area contributed by atoms with Crippen LogP contribution in [-0.4, -0.2) is 29.3 Å². The van der Waals surface area contributed by atoms with E-state index in [2.05, 4.69) is 20.8 Å². The maximum atomic E-state index is 4.91. The van der Waals surface area contributed by atoms with E-state index < -0.39 is 0 Å². The van der Waals surface area contributed by atoms with Crippen LogP contribution in [-0.2, 0) is 0 Å². The minimum absolute atomic E-state index is 0.522. The molecule has 1 fully saturated rings. The molecule has 14 heavy (non-hydrogen) atoms. The van der Waals surface area contributed by atoms with Crippen LogP contribution >= 0.6 is 0 Å². The fourth-order valence-corrected chi connectivity index (χ4v) is 1.25. The average molecular weight is 196 g/mol. The molecule has 0 saturated heterocycles. The molecule has 1 aromatic rings. The number of hydrogen-bond acceptors (Lipinski definition) is 5. The Morgan fingerprint density at radius 2 is 2.29 bits per heavy atom. The highest BCUT2D eigenvalue weighted by Crippen LogP contribution is 2.18. The van der Waals surface area contributed by atoms with Crippen molar-refractivity contribution in [3.05, 3.63) is 5.82 Å². The number of hydrogen-bond donors (Lipinski definition) is 2. The summed E-state index contributed by atoms with van der Waals surface area (Å²) >= 11 is 0. The average Bonchev–Trinajstić information content (AvgIpc) is 2.89. The smallest absolute Gasteiger partial charge is 0.321 e. The van der Waals surface area contributed by atoms with Crippen LogP contribution in [0, 0.1) is 6.92 Å². The summed E-state index contributed by atoms with van der Waals surface area (Å²) in [4.78, 5) is 4.05. The van der Waals surface area contributed by atoms with Crippen molar-refractivity contribution in [2.75, 3.05) is 18.4 Å². The summed E-state index contributed by atoms with van der Waals surface area (Å²) in [5.74, 6) is 0.670. The van der Waals surface area contributed by atoms with Gasteiger partial charge in [0.1, 0.15) is 0 Å². The van der Waals surface area contributed by atoms with E-state index in [-0.39, 0.29) is 0 Å². The molecule has 2 N–H and O–H groups in total. The van der Waals surface area contributed by atoms with Gasteiger partial charge in [0, 0.05) is 12.6 Å². The Labute approximate surface area is 83.3 Å². The Morgan fingerprint density at radius 3 is 2.93 bits per heavy atom. The van der Waals surface area contributed by atoms with Gasteiger partial charge in [-0.25, -0.2) is 0 Å². The molecule has 1 saturated carbocycles. The third-order valence-corrected chi connectivity index (χ3v) is 2.17. The van der Waals surface area contributed by atoms with E-state index in [0.29, 0.717) is 11.8 Å². The second-order valence-corrected chi connectivity index (χ2v) is 3.66. The molecule has 0 aromatic carbocycles. The number of aromatic nitrogens is 2. The molecule has 5 heteroatoms. The number of anilines is 1. The summed E-state index contributed by atoms with van der Waals surface area (Å²) in [6.45, 7) is 3.75. The molecule has 0 radical (unpaired) electrons. The number of rotatable bonds is 6. The molecule has 1 heterocycles. The molecule has 1 aromatic heterocycles. The van der Waals surface area contributed by atoms with Crippen molar-refractivity contribution in [2.45, 2.75) is 32.2 Å². The van der Waals surface area contributed by atoms with E-state index in [1.54, 1.807) is 0 Å². The minimum Gasteiger partial charge on any atom is -0.338 e. The van der Waals surface area contributed by atoms with Gasteiger partial charge in [0.25, 0.3) is 0 Å². The van der Waals surface area contributed by atoms with Crippen molar-refractivity contribution in [3.8, 4) is 0 Å². The van der Waals surface area contributed by atoms with Gasteiger partial charge < -0.3 is 15.2 Å². The summed E-state index contributed by atoms with van der Waals surface area (Å²) in [5, 5.41) is 10.2. The van der Waals surface area contributed by atoms with Gasteiger partial charge in [0.2, 0.25) is 0 Å². The van der Waals surface area contributed by atoms with Crippen LogP contribution in [0.2, 0.25) is 0 Å². The van der Waals surface area contributed by atoms with Crippen LogP contribution in [0.5, 0.6) is 0 Å². The van der Waals surface area contributed by atoms with E-state index in [1.165, 1.54) is 12.8 Å². The first-order valence-electron chi connectivity index (χ1n) is 5.12. The second kappa shape index (κ2) is 4.41.